The van der Waals surface area contributed by atoms with Crippen molar-refractivity contribution >= 4 is 23.3 Å². The molecule has 0 saturated carbocycles. The summed E-state index contributed by atoms with van der Waals surface area (Å²) < 4.78 is 0. The molecule has 2 rings (SSSR count). The van der Waals surface area contributed by atoms with Crippen molar-refractivity contribution in [2.45, 2.75) is 26.3 Å². The summed E-state index contributed by atoms with van der Waals surface area (Å²) in [5.41, 5.74) is 2.72. The van der Waals surface area contributed by atoms with Crippen molar-refractivity contribution in [2.24, 2.45) is 0 Å². The number of carboxylic acids is 1. The van der Waals surface area contributed by atoms with E-state index >= 15 is 0 Å². The quantitative estimate of drug-likeness (QED) is 0.893. The number of carbonyl (C=O) groups is 2. The highest BCUT2D eigenvalue weighted by Gasteiger charge is 2.29. The van der Waals surface area contributed by atoms with E-state index < -0.39 is 5.97 Å². The zero-order valence-corrected chi connectivity index (χ0v) is 11.4. The molecular formula is C14H18N2O3. The number of carboxylic acid groups (broad SMARTS) is 1. The molecule has 0 aromatic heterocycles. The number of amides is 1. The summed E-state index contributed by atoms with van der Waals surface area (Å²) in [4.78, 5) is 26.1. The van der Waals surface area contributed by atoms with Gasteiger partial charge in [0.2, 0.25) is 5.91 Å². The predicted molar refractivity (Wildman–Crippen MR) is 73.7 cm³/mol. The Kier molecular flexibility index (Phi) is 3.46. The molecule has 19 heavy (non-hydrogen) atoms. The molecule has 1 aliphatic heterocycles. The van der Waals surface area contributed by atoms with Crippen molar-refractivity contribution < 1.29 is 14.7 Å². The first-order valence-electron chi connectivity index (χ1n) is 6.28. The Labute approximate surface area is 112 Å². The first kappa shape index (κ1) is 13.4. The van der Waals surface area contributed by atoms with Gasteiger partial charge >= 0.3 is 5.97 Å². The number of fused-ring (bicyclic) bond motifs is 1. The number of anilines is 2. The minimum absolute atomic E-state index is 0.0549. The maximum atomic E-state index is 11.9. The van der Waals surface area contributed by atoms with Gasteiger partial charge in [-0.25, -0.2) is 0 Å². The number of benzene rings is 1. The second-order valence-electron chi connectivity index (χ2n) is 5.10. The summed E-state index contributed by atoms with van der Waals surface area (Å²) in [6.07, 6.45) is 0.391. The van der Waals surface area contributed by atoms with Crippen molar-refractivity contribution in [3.63, 3.8) is 0 Å². The fourth-order valence-electron chi connectivity index (χ4n) is 2.43. The molecule has 1 amide bonds. The lowest BCUT2D eigenvalue weighted by atomic mass is 10.1. The Morgan fingerprint density at radius 1 is 1.47 bits per heavy atom. The summed E-state index contributed by atoms with van der Waals surface area (Å²) >= 11 is 0. The van der Waals surface area contributed by atoms with Crippen LogP contribution in [0.2, 0.25) is 0 Å². The third-order valence-electron chi connectivity index (χ3n) is 3.26. The lowest BCUT2D eigenvalue weighted by molar-refractivity contribution is -0.135. The summed E-state index contributed by atoms with van der Waals surface area (Å²) in [7, 11) is 1.73. The van der Waals surface area contributed by atoms with Gasteiger partial charge in [-0.15, -0.1) is 0 Å². The lowest BCUT2D eigenvalue weighted by Crippen LogP contribution is -2.33. The summed E-state index contributed by atoms with van der Waals surface area (Å²) in [5.74, 6) is -0.772. The van der Waals surface area contributed by atoms with Gasteiger partial charge in [0.25, 0.3) is 0 Å². The van der Waals surface area contributed by atoms with Crippen LogP contribution in [-0.4, -0.2) is 36.6 Å². The lowest BCUT2D eigenvalue weighted by Gasteiger charge is -2.23. The first-order valence-corrected chi connectivity index (χ1v) is 6.28. The van der Waals surface area contributed by atoms with Crippen LogP contribution < -0.4 is 9.80 Å². The highest BCUT2D eigenvalue weighted by Crippen LogP contribution is 2.33. The van der Waals surface area contributed by atoms with Gasteiger partial charge in [-0.3, -0.25) is 9.59 Å². The molecule has 0 saturated heterocycles. The number of nitrogens with zero attached hydrogens (tertiary/aromatic N) is 2. The Balaban J connectivity index is 2.29. The summed E-state index contributed by atoms with van der Waals surface area (Å²) in [6, 6.07) is 5.79. The third-order valence-corrected chi connectivity index (χ3v) is 3.26. The molecule has 0 spiro atoms. The smallest absolute Gasteiger partial charge is 0.323 e. The molecule has 102 valence electrons. The minimum Gasteiger partial charge on any atom is -0.480 e. The molecule has 1 N–H and O–H groups in total. The molecule has 1 aliphatic rings. The Hall–Kier alpha value is -2.04. The number of hydrogen-bond acceptors (Lipinski definition) is 3. The molecule has 0 aliphatic carbocycles. The first-order chi connectivity index (χ1) is 8.90. The standard InChI is InChI=1S/C14H18N2O3/c1-9(2)16-12-5-4-11(15(3)8-14(18)19)6-10(12)7-13(16)17/h4-6,9H,7-8H2,1-3H3,(H,18,19). The van der Waals surface area contributed by atoms with Gasteiger partial charge in [0.1, 0.15) is 6.54 Å². The van der Waals surface area contributed by atoms with E-state index in [4.69, 9.17) is 5.11 Å². The van der Waals surface area contributed by atoms with Crippen molar-refractivity contribution in [1.82, 2.24) is 0 Å². The number of likely N-dealkylation sites (N-methyl/N-ethyl adjacent to an activating group) is 1. The molecule has 5 nitrogen and oxygen atoms in total. The van der Waals surface area contributed by atoms with Crippen LogP contribution in [0.25, 0.3) is 0 Å². The van der Waals surface area contributed by atoms with Crippen LogP contribution in [0.1, 0.15) is 19.4 Å². The molecule has 1 aromatic carbocycles. The molecule has 0 unspecified atom stereocenters. The second kappa shape index (κ2) is 4.91. The van der Waals surface area contributed by atoms with Gasteiger partial charge in [-0.2, -0.15) is 0 Å². The molecule has 0 fully saturated rings. The fourth-order valence-corrected chi connectivity index (χ4v) is 2.43. The average Bonchev–Trinajstić information content (AvgIpc) is 2.62. The largest absolute Gasteiger partial charge is 0.480 e. The molecular weight excluding hydrogens is 244 g/mol. The molecule has 1 aromatic rings. The molecule has 1 heterocycles. The highest BCUT2D eigenvalue weighted by molar-refractivity contribution is 6.02. The van der Waals surface area contributed by atoms with Crippen molar-refractivity contribution in [2.75, 3.05) is 23.4 Å². The van der Waals surface area contributed by atoms with E-state index in [2.05, 4.69) is 0 Å². The molecule has 0 bridgehead atoms. The summed E-state index contributed by atoms with van der Waals surface area (Å²) in [6.45, 7) is 3.91. The monoisotopic (exact) mass is 262 g/mol. The fraction of sp³-hybridized carbons (Fsp3) is 0.429. The maximum absolute atomic E-state index is 11.9. The van der Waals surface area contributed by atoms with E-state index in [1.807, 2.05) is 32.0 Å². The maximum Gasteiger partial charge on any atom is 0.323 e. The van der Waals surface area contributed by atoms with E-state index in [1.165, 1.54) is 0 Å². The zero-order chi connectivity index (χ0) is 14.2. The Bertz CT molecular complexity index is 525. The second-order valence-corrected chi connectivity index (χ2v) is 5.10. The average molecular weight is 262 g/mol. The van der Waals surface area contributed by atoms with Crippen LogP contribution in [-0.2, 0) is 16.0 Å². The minimum atomic E-state index is -0.872. The van der Waals surface area contributed by atoms with Gasteiger partial charge in [0.05, 0.1) is 6.42 Å². The highest BCUT2D eigenvalue weighted by atomic mass is 16.4. The van der Waals surface area contributed by atoms with Gasteiger partial charge in [-0.1, -0.05) is 0 Å². The summed E-state index contributed by atoms with van der Waals surface area (Å²) in [5, 5.41) is 8.79. The topological polar surface area (TPSA) is 60.9 Å². The van der Waals surface area contributed by atoms with Crippen LogP contribution in [0.15, 0.2) is 18.2 Å². The molecule has 0 atom stereocenters. The van der Waals surface area contributed by atoms with Crippen LogP contribution in [0.5, 0.6) is 0 Å². The third kappa shape index (κ3) is 2.54. The number of rotatable bonds is 4. The van der Waals surface area contributed by atoms with E-state index in [1.54, 1.807) is 16.8 Å². The van der Waals surface area contributed by atoms with E-state index in [0.717, 1.165) is 16.9 Å². The molecule has 0 radical (unpaired) electrons. The van der Waals surface area contributed by atoms with Crippen LogP contribution >= 0.6 is 0 Å². The normalized spacial score (nSPS) is 13.9. The Morgan fingerprint density at radius 2 is 2.16 bits per heavy atom. The number of aliphatic carboxylic acids is 1. The molecule has 5 heteroatoms. The van der Waals surface area contributed by atoms with Crippen LogP contribution in [0.3, 0.4) is 0 Å². The number of hydrogen-bond donors (Lipinski definition) is 1. The van der Waals surface area contributed by atoms with Gasteiger partial charge in [0.15, 0.2) is 0 Å². The van der Waals surface area contributed by atoms with Crippen molar-refractivity contribution in [3.8, 4) is 0 Å². The van der Waals surface area contributed by atoms with Gasteiger partial charge in [-0.05, 0) is 37.6 Å². The van der Waals surface area contributed by atoms with Crippen molar-refractivity contribution in [1.29, 1.82) is 0 Å². The zero-order valence-electron chi connectivity index (χ0n) is 11.4. The predicted octanol–water partition coefficient (Wildman–Crippen LogP) is 1.50. The van der Waals surface area contributed by atoms with E-state index in [9.17, 15) is 9.59 Å². The van der Waals surface area contributed by atoms with Crippen LogP contribution in [0.4, 0.5) is 11.4 Å². The van der Waals surface area contributed by atoms with E-state index in [-0.39, 0.29) is 18.5 Å². The van der Waals surface area contributed by atoms with Gasteiger partial charge < -0.3 is 14.9 Å². The Morgan fingerprint density at radius 3 is 2.74 bits per heavy atom. The van der Waals surface area contributed by atoms with Crippen molar-refractivity contribution in [3.05, 3.63) is 23.8 Å². The van der Waals surface area contributed by atoms with E-state index in [0.29, 0.717) is 6.42 Å². The number of carbonyl (C=O) groups excluding carboxylic acids is 1. The van der Waals surface area contributed by atoms with Gasteiger partial charge in [0, 0.05) is 24.5 Å². The SMILES string of the molecule is CC(C)N1C(=O)Cc2cc(N(C)CC(=O)O)ccc21. The van der Waals surface area contributed by atoms with Crippen LogP contribution in [0, 0.1) is 0 Å².